The molecule has 0 unspecified atom stereocenters. The molecule has 0 aromatic heterocycles. The smallest absolute Gasteiger partial charge is 0.161 e. The summed E-state index contributed by atoms with van der Waals surface area (Å²) < 4.78 is 16.6. The van der Waals surface area contributed by atoms with Gasteiger partial charge < -0.3 is 19.5 Å². The number of nitrogens with one attached hydrogen (secondary N) is 1. The summed E-state index contributed by atoms with van der Waals surface area (Å²) in [5.74, 6) is 2.50. The molecule has 4 nitrogen and oxygen atoms in total. The van der Waals surface area contributed by atoms with Gasteiger partial charge in [0, 0.05) is 18.7 Å². The molecule has 0 atom stereocenters. The van der Waals surface area contributed by atoms with Crippen LogP contribution in [0.5, 0.6) is 17.2 Å². The van der Waals surface area contributed by atoms with Crippen molar-refractivity contribution in [2.45, 2.75) is 26.9 Å². The zero-order valence-corrected chi connectivity index (χ0v) is 14.1. The van der Waals surface area contributed by atoms with Crippen molar-refractivity contribution in [2.75, 3.05) is 20.3 Å². The Balaban J connectivity index is 1.98. The Bertz CT molecular complexity index is 613. The van der Waals surface area contributed by atoms with Gasteiger partial charge in [0.1, 0.15) is 5.75 Å². The molecular weight excluding hydrogens is 290 g/mol. The van der Waals surface area contributed by atoms with Gasteiger partial charge in [-0.2, -0.15) is 0 Å². The van der Waals surface area contributed by atoms with E-state index in [-0.39, 0.29) is 0 Å². The maximum atomic E-state index is 5.66. The number of hydrogen-bond acceptors (Lipinski definition) is 4. The molecule has 0 bridgehead atoms. The van der Waals surface area contributed by atoms with E-state index in [2.05, 4.69) is 17.4 Å². The van der Waals surface area contributed by atoms with E-state index in [0.29, 0.717) is 13.2 Å². The summed E-state index contributed by atoms with van der Waals surface area (Å²) in [6.07, 6.45) is 0. The van der Waals surface area contributed by atoms with E-state index in [1.165, 1.54) is 0 Å². The maximum absolute atomic E-state index is 5.66. The van der Waals surface area contributed by atoms with Gasteiger partial charge in [0.05, 0.1) is 20.3 Å². The van der Waals surface area contributed by atoms with E-state index in [9.17, 15) is 0 Å². The number of benzene rings is 2. The van der Waals surface area contributed by atoms with Crippen molar-refractivity contribution in [3.63, 3.8) is 0 Å². The van der Waals surface area contributed by atoms with Gasteiger partial charge in [-0.25, -0.2) is 0 Å². The van der Waals surface area contributed by atoms with Crippen molar-refractivity contribution in [1.82, 2.24) is 5.32 Å². The molecule has 0 radical (unpaired) electrons. The Morgan fingerprint density at radius 3 is 2.30 bits per heavy atom. The number of rotatable bonds is 9. The van der Waals surface area contributed by atoms with Gasteiger partial charge >= 0.3 is 0 Å². The fourth-order valence-corrected chi connectivity index (χ4v) is 2.40. The fraction of sp³-hybridized carbons (Fsp3) is 0.368. The van der Waals surface area contributed by atoms with Gasteiger partial charge in [0.25, 0.3) is 0 Å². The lowest BCUT2D eigenvalue weighted by molar-refractivity contribution is 0.287. The van der Waals surface area contributed by atoms with Gasteiger partial charge in [-0.05, 0) is 37.6 Å². The minimum Gasteiger partial charge on any atom is -0.496 e. The van der Waals surface area contributed by atoms with Crippen LogP contribution in [0.3, 0.4) is 0 Å². The van der Waals surface area contributed by atoms with Crippen LogP contribution in [-0.2, 0) is 13.1 Å². The molecule has 2 rings (SSSR count). The van der Waals surface area contributed by atoms with Crippen molar-refractivity contribution in [3.05, 3.63) is 53.6 Å². The van der Waals surface area contributed by atoms with Crippen molar-refractivity contribution in [2.24, 2.45) is 0 Å². The first-order chi connectivity index (χ1) is 11.3. The average Bonchev–Trinajstić information content (AvgIpc) is 2.58. The summed E-state index contributed by atoms with van der Waals surface area (Å²) in [5, 5.41) is 3.44. The Kier molecular flexibility index (Phi) is 6.76. The highest BCUT2D eigenvalue weighted by Crippen LogP contribution is 2.28. The second kappa shape index (κ2) is 9.06. The summed E-state index contributed by atoms with van der Waals surface area (Å²) in [5.41, 5.74) is 2.30. The third kappa shape index (κ3) is 4.89. The van der Waals surface area contributed by atoms with Crippen LogP contribution >= 0.6 is 0 Å². The molecule has 124 valence electrons. The molecule has 0 aliphatic heterocycles. The number of para-hydroxylation sites is 1. The Morgan fingerprint density at radius 1 is 0.826 bits per heavy atom. The molecule has 0 saturated carbocycles. The van der Waals surface area contributed by atoms with Crippen LogP contribution in [0.15, 0.2) is 42.5 Å². The van der Waals surface area contributed by atoms with Crippen molar-refractivity contribution < 1.29 is 14.2 Å². The molecule has 0 fully saturated rings. The minimum atomic E-state index is 0.623. The quantitative estimate of drug-likeness (QED) is 0.764. The lowest BCUT2D eigenvalue weighted by atomic mass is 10.1. The van der Waals surface area contributed by atoms with E-state index in [1.54, 1.807) is 7.11 Å². The van der Waals surface area contributed by atoms with Gasteiger partial charge in [0.15, 0.2) is 11.5 Å². The van der Waals surface area contributed by atoms with Crippen LogP contribution < -0.4 is 19.5 Å². The van der Waals surface area contributed by atoms with E-state index in [0.717, 1.165) is 41.5 Å². The van der Waals surface area contributed by atoms with Gasteiger partial charge in [0.2, 0.25) is 0 Å². The van der Waals surface area contributed by atoms with Gasteiger partial charge in [-0.3, -0.25) is 0 Å². The molecule has 4 heteroatoms. The Labute approximate surface area is 138 Å². The predicted molar refractivity (Wildman–Crippen MR) is 92.3 cm³/mol. The van der Waals surface area contributed by atoms with Crippen LogP contribution in [0.4, 0.5) is 0 Å². The molecule has 0 aliphatic carbocycles. The zero-order valence-electron chi connectivity index (χ0n) is 14.1. The summed E-state index contributed by atoms with van der Waals surface area (Å²) in [6.45, 7) is 6.70. The first kappa shape index (κ1) is 17.2. The highest BCUT2D eigenvalue weighted by Gasteiger charge is 2.06. The van der Waals surface area contributed by atoms with Gasteiger partial charge in [-0.15, -0.1) is 0 Å². The van der Waals surface area contributed by atoms with Crippen LogP contribution in [0.2, 0.25) is 0 Å². The molecule has 1 N–H and O–H groups in total. The molecule has 2 aromatic rings. The van der Waals surface area contributed by atoms with Crippen molar-refractivity contribution in [3.8, 4) is 17.2 Å². The fourth-order valence-electron chi connectivity index (χ4n) is 2.40. The Morgan fingerprint density at radius 2 is 1.57 bits per heavy atom. The summed E-state index contributed by atoms with van der Waals surface area (Å²) in [7, 11) is 1.69. The van der Waals surface area contributed by atoms with E-state index >= 15 is 0 Å². The highest BCUT2D eigenvalue weighted by molar-refractivity contribution is 5.43. The highest BCUT2D eigenvalue weighted by atomic mass is 16.5. The molecule has 2 aromatic carbocycles. The molecular formula is C19H25NO3. The normalized spacial score (nSPS) is 10.4. The summed E-state index contributed by atoms with van der Waals surface area (Å²) in [4.78, 5) is 0. The number of hydrogen-bond donors (Lipinski definition) is 1. The van der Waals surface area contributed by atoms with Crippen LogP contribution in [-0.4, -0.2) is 20.3 Å². The van der Waals surface area contributed by atoms with E-state index < -0.39 is 0 Å². The minimum absolute atomic E-state index is 0.623. The second-order valence-corrected chi connectivity index (χ2v) is 5.06. The second-order valence-electron chi connectivity index (χ2n) is 5.06. The first-order valence-electron chi connectivity index (χ1n) is 7.99. The number of methoxy groups -OCH3 is 1. The standard InChI is InChI=1S/C19H25NO3/c1-4-22-18-11-10-15(12-19(18)23-5-2)13-20-14-16-8-6-7-9-17(16)21-3/h6-12,20H,4-5,13-14H2,1-3H3. The summed E-state index contributed by atoms with van der Waals surface area (Å²) >= 11 is 0. The van der Waals surface area contributed by atoms with Crippen molar-refractivity contribution in [1.29, 1.82) is 0 Å². The molecule has 0 heterocycles. The summed E-state index contributed by atoms with van der Waals surface area (Å²) in [6, 6.07) is 14.1. The lowest BCUT2D eigenvalue weighted by Crippen LogP contribution is -2.13. The van der Waals surface area contributed by atoms with Gasteiger partial charge in [-0.1, -0.05) is 24.3 Å². The maximum Gasteiger partial charge on any atom is 0.161 e. The van der Waals surface area contributed by atoms with Crippen LogP contribution in [0.25, 0.3) is 0 Å². The van der Waals surface area contributed by atoms with E-state index in [1.807, 2.05) is 44.2 Å². The average molecular weight is 315 g/mol. The topological polar surface area (TPSA) is 39.7 Å². The molecule has 0 amide bonds. The van der Waals surface area contributed by atoms with E-state index in [4.69, 9.17) is 14.2 Å². The lowest BCUT2D eigenvalue weighted by Gasteiger charge is -2.13. The molecule has 0 spiro atoms. The monoisotopic (exact) mass is 315 g/mol. The largest absolute Gasteiger partial charge is 0.496 e. The number of ether oxygens (including phenoxy) is 3. The van der Waals surface area contributed by atoms with Crippen LogP contribution in [0, 0.1) is 0 Å². The third-order valence-electron chi connectivity index (χ3n) is 3.44. The SMILES string of the molecule is CCOc1ccc(CNCc2ccccc2OC)cc1OCC. The predicted octanol–water partition coefficient (Wildman–Crippen LogP) is 3.78. The molecule has 0 saturated heterocycles. The van der Waals surface area contributed by atoms with Crippen LogP contribution in [0.1, 0.15) is 25.0 Å². The molecule has 23 heavy (non-hydrogen) atoms. The molecule has 0 aliphatic rings. The first-order valence-corrected chi connectivity index (χ1v) is 7.99. The Hall–Kier alpha value is -2.20. The third-order valence-corrected chi connectivity index (χ3v) is 3.44. The zero-order chi connectivity index (χ0) is 16.5. The van der Waals surface area contributed by atoms with Crippen molar-refractivity contribution >= 4 is 0 Å².